The average Bonchev–Trinajstić information content (AvgIpc) is 2.37. The van der Waals surface area contributed by atoms with Gasteiger partial charge in [-0.2, -0.15) is 0 Å². The van der Waals surface area contributed by atoms with Crippen LogP contribution in [-0.2, 0) is 4.79 Å². The summed E-state index contributed by atoms with van der Waals surface area (Å²) in [4.78, 5) is 11.8. The summed E-state index contributed by atoms with van der Waals surface area (Å²) in [7, 11) is 0. The largest absolute Gasteiger partial charge is 0.356 e. The lowest BCUT2D eigenvalue weighted by molar-refractivity contribution is -0.125. The number of hydrogen-bond acceptors (Lipinski definition) is 2. The number of rotatable bonds is 12. The second-order valence-electron chi connectivity index (χ2n) is 5.85. The fraction of sp³-hybridized carbons (Fsp3) is 0.938. The molecule has 1 amide bonds. The van der Waals surface area contributed by atoms with Crippen LogP contribution in [0.15, 0.2) is 0 Å². The molecule has 0 aliphatic carbocycles. The monoisotopic (exact) mass is 270 g/mol. The highest BCUT2D eigenvalue weighted by atomic mass is 16.1. The molecule has 0 aromatic rings. The van der Waals surface area contributed by atoms with Crippen molar-refractivity contribution in [3.05, 3.63) is 0 Å². The molecule has 0 heterocycles. The smallest absolute Gasteiger partial charge is 0.224 e. The fourth-order valence-corrected chi connectivity index (χ4v) is 2.28. The maximum Gasteiger partial charge on any atom is 0.224 e. The maximum atomic E-state index is 11.8. The van der Waals surface area contributed by atoms with Gasteiger partial charge in [-0.05, 0) is 12.3 Å². The van der Waals surface area contributed by atoms with Gasteiger partial charge in [-0.25, -0.2) is 0 Å². The van der Waals surface area contributed by atoms with Crippen LogP contribution in [0.25, 0.3) is 0 Å². The van der Waals surface area contributed by atoms with Crippen molar-refractivity contribution in [2.45, 2.75) is 72.1 Å². The van der Waals surface area contributed by atoms with Gasteiger partial charge in [0.15, 0.2) is 0 Å². The van der Waals surface area contributed by atoms with Gasteiger partial charge in [0.1, 0.15) is 0 Å². The molecule has 0 aliphatic heterocycles. The van der Waals surface area contributed by atoms with Gasteiger partial charge in [0, 0.05) is 13.1 Å². The van der Waals surface area contributed by atoms with Crippen molar-refractivity contribution in [2.75, 3.05) is 13.1 Å². The predicted molar refractivity (Wildman–Crippen MR) is 83.0 cm³/mol. The van der Waals surface area contributed by atoms with Crippen LogP contribution in [0.5, 0.6) is 0 Å². The quantitative estimate of drug-likeness (QED) is 0.533. The summed E-state index contributed by atoms with van der Waals surface area (Å²) in [5.74, 6) is 0.415. The molecule has 0 saturated heterocycles. The van der Waals surface area contributed by atoms with E-state index in [1.807, 2.05) is 13.8 Å². The minimum absolute atomic E-state index is 0.0333. The molecule has 19 heavy (non-hydrogen) atoms. The summed E-state index contributed by atoms with van der Waals surface area (Å²) in [6, 6.07) is 0. The first-order valence-electron chi connectivity index (χ1n) is 8.11. The molecule has 0 spiro atoms. The summed E-state index contributed by atoms with van der Waals surface area (Å²) in [5, 5.41) is 3.01. The molecular weight excluding hydrogens is 236 g/mol. The lowest BCUT2D eigenvalue weighted by Gasteiger charge is -2.18. The summed E-state index contributed by atoms with van der Waals surface area (Å²) in [6.45, 7) is 7.59. The summed E-state index contributed by atoms with van der Waals surface area (Å²) >= 11 is 0. The zero-order valence-corrected chi connectivity index (χ0v) is 13.2. The number of hydrogen-bond donors (Lipinski definition) is 2. The van der Waals surface area contributed by atoms with E-state index in [2.05, 4.69) is 12.2 Å². The number of amides is 1. The van der Waals surface area contributed by atoms with Crippen molar-refractivity contribution in [1.82, 2.24) is 5.32 Å². The standard InChI is InChI=1S/C16H34N2O/c1-4-5-6-7-8-9-10-11-12-18-16(19)15(13-17)14(2)3/h14-15H,4-13,17H2,1-3H3,(H,18,19). The molecule has 0 fully saturated rings. The molecule has 3 N–H and O–H groups in total. The summed E-state index contributed by atoms with van der Waals surface area (Å²) in [6.07, 6.45) is 10.4. The molecule has 0 saturated carbocycles. The SMILES string of the molecule is CCCCCCCCCCNC(=O)C(CN)C(C)C. The van der Waals surface area contributed by atoms with E-state index in [-0.39, 0.29) is 11.8 Å². The Hall–Kier alpha value is -0.570. The molecule has 0 radical (unpaired) electrons. The van der Waals surface area contributed by atoms with E-state index in [1.165, 1.54) is 44.9 Å². The minimum Gasteiger partial charge on any atom is -0.356 e. The average molecular weight is 270 g/mol. The van der Waals surface area contributed by atoms with Gasteiger partial charge in [0.2, 0.25) is 5.91 Å². The zero-order chi connectivity index (χ0) is 14.5. The van der Waals surface area contributed by atoms with Gasteiger partial charge in [-0.3, -0.25) is 4.79 Å². The molecule has 0 aliphatic rings. The molecule has 1 atom stereocenters. The highest BCUT2D eigenvalue weighted by molar-refractivity contribution is 5.79. The Kier molecular flexibility index (Phi) is 12.1. The first kappa shape index (κ1) is 18.4. The number of nitrogens with one attached hydrogen (secondary N) is 1. The van der Waals surface area contributed by atoms with Gasteiger partial charge >= 0.3 is 0 Å². The second-order valence-corrected chi connectivity index (χ2v) is 5.85. The molecule has 3 nitrogen and oxygen atoms in total. The van der Waals surface area contributed by atoms with Crippen molar-refractivity contribution in [3.63, 3.8) is 0 Å². The van der Waals surface area contributed by atoms with E-state index >= 15 is 0 Å². The third kappa shape index (κ3) is 9.94. The minimum atomic E-state index is -0.0333. The van der Waals surface area contributed by atoms with Crippen molar-refractivity contribution in [1.29, 1.82) is 0 Å². The molecule has 3 heteroatoms. The van der Waals surface area contributed by atoms with E-state index in [4.69, 9.17) is 5.73 Å². The van der Waals surface area contributed by atoms with Crippen LogP contribution < -0.4 is 11.1 Å². The molecule has 1 unspecified atom stereocenters. The van der Waals surface area contributed by atoms with Gasteiger partial charge in [-0.15, -0.1) is 0 Å². The van der Waals surface area contributed by atoms with E-state index in [0.29, 0.717) is 12.5 Å². The van der Waals surface area contributed by atoms with Gasteiger partial charge in [-0.1, -0.05) is 65.7 Å². The molecule has 114 valence electrons. The summed E-state index contributed by atoms with van der Waals surface area (Å²) in [5.41, 5.74) is 5.62. The summed E-state index contributed by atoms with van der Waals surface area (Å²) < 4.78 is 0. The highest BCUT2D eigenvalue weighted by Gasteiger charge is 2.19. The van der Waals surface area contributed by atoms with Crippen molar-refractivity contribution < 1.29 is 4.79 Å². The molecule has 0 rings (SSSR count). The van der Waals surface area contributed by atoms with Crippen molar-refractivity contribution >= 4 is 5.91 Å². The Morgan fingerprint density at radius 2 is 1.53 bits per heavy atom. The van der Waals surface area contributed by atoms with Crippen molar-refractivity contribution in [2.24, 2.45) is 17.6 Å². The van der Waals surface area contributed by atoms with Crippen LogP contribution in [0.4, 0.5) is 0 Å². The molecule has 0 bridgehead atoms. The molecule has 0 aromatic carbocycles. The van der Waals surface area contributed by atoms with E-state index in [1.54, 1.807) is 0 Å². The van der Waals surface area contributed by atoms with Crippen LogP contribution in [0, 0.1) is 11.8 Å². The lowest BCUT2D eigenvalue weighted by Crippen LogP contribution is -2.38. The van der Waals surface area contributed by atoms with Gasteiger partial charge in [0.05, 0.1) is 5.92 Å². The van der Waals surface area contributed by atoms with Gasteiger partial charge in [0.25, 0.3) is 0 Å². The normalized spacial score (nSPS) is 12.7. The number of unbranched alkanes of at least 4 members (excludes halogenated alkanes) is 7. The van der Waals surface area contributed by atoms with Crippen molar-refractivity contribution in [3.8, 4) is 0 Å². The molecule has 0 aromatic heterocycles. The van der Waals surface area contributed by atoms with Crippen LogP contribution in [-0.4, -0.2) is 19.0 Å². The van der Waals surface area contributed by atoms with Crippen LogP contribution in [0.2, 0.25) is 0 Å². The highest BCUT2D eigenvalue weighted by Crippen LogP contribution is 2.10. The fourth-order valence-electron chi connectivity index (χ4n) is 2.28. The van der Waals surface area contributed by atoms with E-state index in [9.17, 15) is 4.79 Å². The Labute approximate surface area is 119 Å². The maximum absolute atomic E-state index is 11.8. The Bertz CT molecular complexity index is 217. The van der Waals surface area contributed by atoms with Crippen LogP contribution in [0.1, 0.15) is 72.1 Å². The Morgan fingerprint density at radius 3 is 2.00 bits per heavy atom. The molecular formula is C16H34N2O. The zero-order valence-electron chi connectivity index (χ0n) is 13.2. The predicted octanol–water partition coefficient (Wildman–Crippen LogP) is 3.47. The van der Waals surface area contributed by atoms with Crippen LogP contribution in [0.3, 0.4) is 0 Å². The number of nitrogens with two attached hydrogens (primary N) is 1. The lowest BCUT2D eigenvalue weighted by atomic mass is 9.95. The van der Waals surface area contributed by atoms with E-state index < -0.39 is 0 Å². The van der Waals surface area contributed by atoms with E-state index in [0.717, 1.165) is 13.0 Å². The number of carbonyl (C=O) groups excluding carboxylic acids is 1. The Morgan fingerprint density at radius 1 is 1.00 bits per heavy atom. The first-order valence-corrected chi connectivity index (χ1v) is 8.11. The first-order chi connectivity index (χ1) is 9.13. The second kappa shape index (κ2) is 12.5. The van der Waals surface area contributed by atoms with Gasteiger partial charge < -0.3 is 11.1 Å². The topological polar surface area (TPSA) is 55.1 Å². The number of carbonyl (C=O) groups is 1. The third-order valence-corrected chi connectivity index (χ3v) is 3.73. The van der Waals surface area contributed by atoms with Crippen LogP contribution >= 0.6 is 0 Å². The third-order valence-electron chi connectivity index (χ3n) is 3.73. The Balaban J connectivity index is 3.41.